The van der Waals surface area contributed by atoms with Crippen LogP contribution in [0.2, 0.25) is 0 Å². The Morgan fingerprint density at radius 1 is 0.917 bits per heavy atom. The second kappa shape index (κ2) is 9.54. The number of aliphatic hydroxyl groups is 3. The Morgan fingerprint density at radius 2 is 1.64 bits per heavy atom. The van der Waals surface area contributed by atoms with Crippen LogP contribution in [0.25, 0.3) is 22.3 Å². The second-order valence-corrected chi connectivity index (χ2v) is 7.87. The Balaban J connectivity index is 1.75. The molecule has 13 nitrogen and oxygen atoms in total. The van der Waals surface area contributed by atoms with E-state index in [0.717, 1.165) is 12.1 Å². The van der Waals surface area contributed by atoms with E-state index in [1.165, 1.54) is 32.4 Å². The monoisotopic (exact) mass is 506 g/mol. The minimum atomic E-state index is -1.92. The highest BCUT2D eigenvalue weighted by atomic mass is 16.7. The van der Waals surface area contributed by atoms with Gasteiger partial charge in [-0.15, -0.1) is 0 Å². The van der Waals surface area contributed by atoms with Crippen molar-refractivity contribution < 1.29 is 58.8 Å². The van der Waals surface area contributed by atoms with E-state index in [-0.39, 0.29) is 45.3 Å². The number of phenols is 2. The smallest absolute Gasteiger partial charge is 0.335 e. The highest BCUT2D eigenvalue weighted by Crippen LogP contribution is 2.41. The van der Waals surface area contributed by atoms with Crippen LogP contribution in [0.15, 0.2) is 39.5 Å². The zero-order chi connectivity index (χ0) is 26.3. The molecule has 2 heterocycles. The summed E-state index contributed by atoms with van der Waals surface area (Å²) in [6, 6.07) is 5.99. The molecule has 5 atom stereocenters. The van der Waals surface area contributed by atoms with Gasteiger partial charge in [0, 0.05) is 23.8 Å². The molecule has 0 unspecified atom stereocenters. The fourth-order valence-corrected chi connectivity index (χ4v) is 3.82. The summed E-state index contributed by atoms with van der Waals surface area (Å²) in [6.45, 7) is 0. The van der Waals surface area contributed by atoms with Crippen LogP contribution in [0.1, 0.15) is 0 Å². The number of ether oxygens (including phenoxy) is 4. The number of rotatable bonds is 6. The molecule has 0 aliphatic carbocycles. The molecule has 1 aliphatic rings. The van der Waals surface area contributed by atoms with Crippen molar-refractivity contribution in [2.24, 2.45) is 0 Å². The van der Waals surface area contributed by atoms with E-state index in [0.29, 0.717) is 0 Å². The van der Waals surface area contributed by atoms with Crippen molar-refractivity contribution in [3.8, 4) is 40.1 Å². The van der Waals surface area contributed by atoms with Crippen molar-refractivity contribution in [1.29, 1.82) is 0 Å². The molecule has 192 valence electrons. The summed E-state index contributed by atoms with van der Waals surface area (Å²) in [7, 11) is 2.69. The lowest BCUT2D eigenvalue weighted by Gasteiger charge is -2.38. The van der Waals surface area contributed by atoms with Gasteiger partial charge in [-0.1, -0.05) is 0 Å². The number of methoxy groups -OCH3 is 2. The van der Waals surface area contributed by atoms with Gasteiger partial charge < -0.3 is 54.0 Å². The molecule has 3 aromatic rings. The van der Waals surface area contributed by atoms with Crippen molar-refractivity contribution in [1.82, 2.24) is 0 Å². The van der Waals surface area contributed by atoms with Gasteiger partial charge in [-0.25, -0.2) is 4.79 Å². The van der Waals surface area contributed by atoms with Gasteiger partial charge in [-0.2, -0.15) is 0 Å². The van der Waals surface area contributed by atoms with Crippen LogP contribution in [-0.2, 0) is 9.53 Å². The molecular formula is C23H22O13. The zero-order valence-corrected chi connectivity index (χ0v) is 18.8. The predicted octanol–water partition coefficient (Wildman–Crippen LogP) is 0.159. The minimum absolute atomic E-state index is 0.0151. The molecule has 4 rings (SSSR count). The van der Waals surface area contributed by atoms with E-state index >= 15 is 0 Å². The third-order valence-corrected chi connectivity index (χ3v) is 5.59. The number of carboxylic acid groups (broad SMARTS) is 1. The van der Waals surface area contributed by atoms with Crippen LogP contribution >= 0.6 is 0 Å². The van der Waals surface area contributed by atoms with E-state index in [2.05, 4.69) is 0 Å². The lowest BCUT2D eigenvalue weighted by atomic mass is 9.99. The molecule has 0 spiro atoms. The number of carboxylic acids is 1. The maximum atomic E-state index is 12.7. The first-order valence-electron chi connectivity index (χ1n) is 10.4. The molecule has 1 fully saturated rings. The van der Waals surface area contributed by atoms with Crippen molar-refractivity contribution in [2.45, 2.75) is 30.7 Å². The summed E-state index contributed by atoms with van der Waals surface area (Å²) >= 11 is 0. The quantitative estimate of drug-likeness (QED) is 0.264. The largest absolute Gasteiger partial charge is 0.507 e. The molecule has 0 bridgehead atoms. The number of phenolic OH excluding ortho intramolecular Hbond substituents is 2. The lowest BCUT2D eigenvalue weighted by molar-refractivity contribution is -0.271. The van der Waals surface area contributed by atoms with Gasteiger partial charge in [-0.05, 0) is 12.1 Å². The third-order valence-electron chi connectivity index (χ3n) is 5.59. The highest BCUT2D eigenvalue weighted by Gasteiger charge is 2.48. The van der Waals surface area contributed by atoms with Gasteiger partial charge in [0.25, 0.3) is 0 Å². The molecule has 2 aromatic carbocycles. The molecule has 6 N–H and O–H groups in total. The van der Waals surface area contributed by atoms with E-state index in [4.69, 9.17) is 23.4 Å². The summed E-state index contributed by atoms with van der Waals surface area (Å²) in [4.78, 5) is 24.0. The normalized spacial score (nSPS) is 23.9. The van der Waals surface area contributed by atoms with Crippen LogP contribution in [0.4, 0.5) is 0 Å². The molecule has 1 saturated heterocycles. The van der Waals surface area contributed by atoms with Gasteiger partial charge >= 0.3 is 5.97 Å². The summed E-state index contributed by atoms with van der Waals surface area (Å²) in [5, 5.41) is 59.6. The highest BCUT2D eigenvalue weighted by molar-refractivity contribution is 5.86. The van der Waals surface area contributed by atoms with Crippen LogP contribution in [0.5, 0.6) is 28.7 Å². The number of hydrogen-bond acceptors (Lipinski definition) is 12. The number of aliphatic carboxylic acids is 1. The number of aliphatic hydroxyl groups excluding tert-OH is 3. The fourth-order valence-electron chi connectivity index (χ4n) is 3.82. The number of fused-ring (bicyclic) bond motifs is 1. The average Bonchev–Trinajstić information content (AvgIpc) is 2.83. The van der Waals surface area contributed by atoms with Crippen molar-refractivity contribution in [3.63, 3.8) is 0 Å². The molecule has 1 aliphatic heterocycles. The van der Waals surface area contributed by atoms with Crippen LogP contribution in [0, 0.1) is 0 Å². The van der Waals surface area contributed by atoms with Crippen molar-refractivity contribution >= 4 is 16.9 Å². The van der Waals surface area contributed by atoms with Crippen molar-refractivity contribution in [3.05, 3.63) is 40.6 Å². The standard InChI is InChI=1S/C23H22O13/c1-32-15-4-8(3-12(26)20(15)33-2)13-7-11(25)16-10(24)5-9(6-14(16)35-13)34-23-19(29)17(27)18(28)21(36-23)22(30)31/h3-7,17-19,21,23-24,26-29H,1-2H3,(H,30,31)/t17-,18-,19+,21+,23+/m0/s1. The maximum Gasteiger partial charge on any atom is 0.335 e. The van der Waals surface area contributed by atoms with Gasteiger partial charge in [-0.3, -0.25) is 4.79 Å². The van der Waals surface area contributed by atoms with E-state index in [1.807, 2.05) is 0 Å². The zero-order valence-electron chi connectivity index (χ0n) is 18.8. The average molecular weight is 506 g/mol. The Hall–Kier alpha value is -4.04. The van der Waals surface area contributed by atoms with Gasteiger partial charge in [0.05, 0.1) is 14.2 Å². The Labute approximate surface area is 201 Å². The van der Waals surface area contributed by atoms with Gasteiger partial charge in [0.2, 0.25) is 12.0 Å². The SMILES string of the molecule is COc1cc(-c2cc(=O)c3c(O)cc(O[C@@H]4O[C@@H](C(=O)O)[C@@H](O)[C@H](O)[C@H]4O)cc3o2)cc(O)c1OC. The third kappa shape index (κ3) is 4.35. The lowest BCUT2D eigenvalue weighted by Crippen LogP contribution is -2.61. The van der Waals surface area contributed by atoms with Gasteiger partial charge in [0.1, 0.15) is 46.5 Å². The predicted molar refractivity (Wildman–Crippen MR) is 119 cm³/mol. The van der Waals surface area contributed by atoms with E-state index in [1.54, 1.807) is 0 Å². The Bertz CT molecular complexity index is 1360. The first-order chi connectivity index (χ1) is 17.0. The first-order valence-corrected chi connectivity index (χ1v) is 10.4. The second-order valence-electron chi connectivity index (χ2n) is 7.87. The molecular weight excluding hydrogens is 484 g/mol. The number of aromatic hydroxyl groups is 2. The summed E-state index contributed by atoms with van der Waals surface area (Å²) in [5.74, 6) is -2.45. The molecule has 1 aromatic heterocycles. The molecule has 0 amide bonds. The summed E-state index contributed by atoms with van der Waals surface area (Å²) in [6.07, 6.45) is -9.31. The van der Waals surface area contributed by atoms with E-state index in [9.17, 15) is 40.2 Å². The molecule has 0 radical (unpaired) electrons. The number of hydrogen-bond donors (Lipinski definition) is 6. The summed E-state index contributed by atoms with van der Waals surface area (Å²) in [5.41, 5.74) is -0.562. The molecule has 0 saturated carbocycles. The maximum absolute atomic E-state index is 12.7. The van der Waals surface area contributed by atoms with Crippen LogP contribution in [-0.4, -0.2) is 81.5 Å². The van der Waals surface area contributed by atoms with Gasteiger partial charge in [0.15, 0.2) is 23.0 Å². The molecule has 13 heteroatoms. The minimum Gasteiger partial charge on any atom is -0.507 e. The first kappa shape index (κ1) is 25.1. The van der Waals surface area contributed by atoms with Crippen LogP contribution in [0.3, 0.4) is 0 Å². The summed E-state index contributed by atoms with van der Waals surface area (Å²) < 4.78 is 26.5. The Kier molecular flexibility index (Phi) is 6.65. The molecule has 36 heavy (non-hydrogen) atoms. The Morgan fingerprint density at radius 3 is 2.28 bits per heavy atom. The number of benzene rings is 2. The van der Waals surface area contributed by atoms with Crippen LogP contribution < -0.4 is 19.6 Å². The van der Waals surface area contributed by atoms with Crippen molar-refractivity contribution in [2.75, 3.05) is 14.2 Å². The fraction of sp³-hybridized carbons (Fsp3) is 0.304. The topological polar surface area (TPSA) is 206 Å². The number of carbonyl (C=O) groups is 1. The van der Waals surface area contributed by atoms with E-state index < -0.39 is 47.9 Å².